The topological polar surface area (TPSA) is 43.7 Å². The fourth-order valence-corrected chi connectivity index (χ4v) is 1.23. The van der Waals surface area contributed by atoms with Gasteiger partial charge in [-0.1, -0.05) is 6.92 Å². The van der Waals surface area contributed by atoms with E-state index in [0.717, 1.165) is 6.54 Å². The van der Waals surface area contributed by atoms with E-state index in [0.29, 0.717) is 13.1 Å². The third-order valence-corrected chi connectivity index (χ3v) is 1.58. The molecule has 2 N–H and O–H groups in total. The molecule has 0 aliphatic heterocycles. The van der Waals surface area contributed by atoms with Gasteiger partial charge in [0.2, 0.25) is 0 Å². The highest BCUT2D eigenvalue weighted by Crippen LogP contribution is 2.04. The van der Waals surface area contributed by atoms with Crippen LogP contribution in [0.15, 0.2) is 0 Å². The molecule has 0 radical (unpaired) electrons. The molecule has 3 heteroatoms. The predicted molar refractivity (Wildman–Crippen MR) is 50.1 cm³/mol. The smallest absolute Gasteiger partial charge is 0.0718 e. The fourth-order valence-electron chi connectivity index (χ4n) is 1.23. The maximum absolute atomic E-state index is 9.51. The molecule has 0 aliphatic carbocycles. The van der Waals surface area contributed by atoms with Crippen molar-refractivity contribution in [3.05, 3.63) is 0 Å². The summed E-state index contributed by atoms with van der Waals surface area (Å²) in [5.41, 5.74) is -0.676. The van der Waals surface area contributed by atoms with E-state index in [1.54, 1.807) is 20.8 Å². The molecule has 0 saturated carbocycles. The molecule has 12 heavy (non-hydrogen) atoms. The summed E-state index contributed by atoms with van der Waals surface area (Å²) in [4.78, 5) is 2.03. The van der Waals surface area contributed by atoms with Crippen molar-refractivity contribution >= 4 is 0 Å². The summed E-state index contributed by atoms with van der Waals surface area (Å²) in [6.07, 6.45) is -0.327. The summed E-state index contributed by atoms with van der Waals surface area (Å²) < 4.78 is 0. The van der Waals surface area contributed by atoms with Crippen LogP contribution in [0.4, 0.5) is 0 Å². The van der Waals surface area contributed by atoms with Gasteiger partial charge in [0.05, 0.1) is 11.7 Å². The molecular weight excluding hydrogens is 154 g/mol. The molecule has 0 aromatic carbocycles. The fraction of sp³-hybridized carbons (Fsp3) is 1.00. The number of aliphatic hydroxyl groups is 2. The lowest BCUT2D eigenvalue weighted by Gasteiger charge is -2.28. The number of nitrogens with zero attached hydrogens (tertiary/aromatic N) is 1. The zero-order chi connectivity index (χ0) is 9.78. The molecule has 1 atom stereocenters. The van der Waals surface area contributed by atoms with Gasteiger partial charge in [-0.2, -0.15) is 0 Å². The van der Waals surface area contributed by atoms with Gasteiger partial charge >= 0.3 is 0 Å². The number of aliphatic hydroxyl groups excluding tert-OH is 1. The lowest BCUT2D eigenvalue weighted by molar-refractivity contribution is 0.0233. The van der Waals surface area contributed by atoms with E-state index in [9.17, 15) is 5.11 Å². The molecule has 0 saturated heterocycles. The van der Waals surface area contributed by atoms with E-state index in [2.05, 4.69) is 0 Å². The zero-order valence-electron chi connectivity index (χ0n) is 8.54. The lowest BCUT2D eigenvalue weighted by Crippen LogP contribution is -2.41. The van der Waals surface area contributed by atoms with Crippen molar-refractivity contribution in [2.75, 3.05) is 19.6 Å². The van der Waals surface area contributed by atoms with Crippen LogP contribution in [-0.2, 0) is 0 Å². The molecule has 1 unspecified atom stereocenters. The molecule has 0 aromatic rings. The molecule has 0 spiro atoms. The Labute approximate surface area is 75.0 Å². The highest BCUT2D eigenvalue weighted by atomic mass is 16.3. The van der Waals surface area contributed by atoms with E-state index in [1.807, 2.05) is 11.8 Å². The summed E-state index contributed by atoms with van der Waals surface area (Å²) >= 11 is 0. The van der Waals surface area contributed by atoms with Crippen LogP contribution < -0.4 is 0 Å². The minimum Gasteiger partial charge on any atom is -0.392 e. The molecule has 0 aliphatic rings. The molecule has 0 fully saturated rings. The third kappa shape index (κ3) is 6.58. The number of rotatable bonds is 5. The Morgan fingerprint density at radius 2 is 1.92 bits per heavy atom. The second kappa shape index (κ2) is 4.80. The molecule has 74 valence electrons. The van der Waals surface area contributed by atoms with Crippen molar-refractivity contribution in [3.8, 4) is 0 Å². The normalized spacial score (nSPS) is 15.2. The zero-order valence-corrected chi connectivity index (χ0v) is 8.54. The standard InChI is InChI=1S/C9H21NO2/c1-5-10(6-8(2)11)7-9(3,4)12/h8,11-12H,5-7H2,1-4H3. The summed E-state index contributed by atoms with van der Waals surface area (Å²) in [5, 5.41) is 18.6. The average Bonchev–Trinajstić information content (AvgIpc) is 1.82. The summed E-state index contributed by atoms with van der Waals surface area (Å²) in [5.74, 6) is 0. The summed E-state index contributed by atoms with van der Waals surface area (Å²) in [6, 6.07) is 0. The van der Waals surface area contributed by atoms with Gasteiger partial charge in [-0.15, -0.1) is 0 Å². The summed E-state index contributed by atoms with van der Waals surface area (Å²) in [7, 11) is 0. The summed E-state index contributed by atoms with van der Waals surface area (Å²) in [6.45, 7) is 9.42. The molecule has 0 heterocycles. The molecule has 0 amide bonds. The highest BCUT2D eigenvalue weighted by molar-refractivity contribution is 4.72. The number of hydrogen-bond acceptors (Lipinski definition) is 3. The van der Waals surface area contributed by atoms with Crippen LogP contribution in [0.2, 0.25) is 0 Å². The van der Waals surface area contributed by atoms with Gasteiger partial charge in [-0.25, -0.2) is 0 Å². The van der Waals surface area contributed by atoms with Gasteiger partial charge < -0.3 is 10.2 Å². The SMILES string of the molecule is CCN(CC(C)O)CC(C)(C)O. The highest BCUT2D eigenvalue weighted by Gasteiger charge is 2.17. The van der Waals surface area contributed by atoms with Crippen LogP contribution in [0, 0.1) is 0 Å². The van der Waals surface area contributed by atoms with Crippen LogP contribution in [0.25, 0.3) is 0 Å². The second-order valence-corrected chi connectivity index (χ2v) is 3.99. The third-order valence-electron chi connectivity index (χ3n) is 1.58. The van der Waals surface area contributed by atoms with Gasteiger partial charge in [-0.3, -0.25) is 4.90 Å². The van der Waals surface area contributed by atoms with Crippen molar-refractivity contribution in [1.82, 2.24) is 4.90 Å². The van der Waals surface area contributed by atoms with Crippen molar-refractivity contribution in [2.45, 2.75) is 39.4 Å². The Balaban J connectivity index is 3.83. The minimum absolute atomic E-state index is 0.327. The average molecular weight is 175 g/mol. The molecule has 3 nitrogen and oxygen atoms in total. The van der Waals surface area contributed by atoms with Crippen LogP contribution in [-0.4, -0.2) is 46.5 Å². The Kier molecular flexibility index (Phi) is 4.75. The second-order valence-electron chi connectivity index (χ2n) is 3.99. The van der Waals surface area contributed by atoms with Crippen LogP contribution in [0.5, 0.6) is 0 Å². The minimum atomic E-state index is -0.676. The van der Waals surface area contributed by atoms with E-state index >= 15 is 0 Å². The van der Waals surface area contributed by atoms with Gasteiger partial charge in [0.1, 0.15) is 0 Å². The molecule has 0 aromatic heterocycles. The maximum atomic E-state index is 9.51. The van der Waals surface area contributed by atoms with Crippen molar-refractivity contribution < 1.29 is 10.2 Å². The molecule has 0 rings (SSSR count). The van der Waals surface area contributed by atoms with Crippen molar-refractivity contribution in [2.24, 2.45) is 0 Å². The van der Waals surface area contributed by atoms with Crippen LogP contribution >= 0.6 is 0 Å². The number of hydrogen-bond donors (Lipinski definition) is 2. The van der Waals surface area contributed by atoms with Crippen LogP contribution in [0.3, 0.4) is 0 Å². The van der Waals surface area contributed by atoms with Crippen LogP contribution in [0.1, 0.15) is 27.7 Å². The molecule has 0 bridgehead atoms. The quantitative estimate of drug-likeness (QED) is 0.638. The Bertz CT molecular complexity index is 118. The van der Waals surface area contributed by atoms with Gasteiger partial charge in [0.25, 0.3) is 0 Å². The van der Waals surface area contributed by atoms with Crippen molar-refractivity contribution in [1.29, 1.82) is 0 Å². The first-order valence-electron chi connectivity index (χ1n) is 4.48. The Morgan fingerprint density at radius 1 is 1.42 bits per heavy atom. The van der Waals surface area contributed by atoms with Crippen molar-refractivity contribution in [3.63, 3.8) is 0 Å². The molecular formula is C9H21NO2. The predicted octanol–water partition coefficient (Wildman–Crippen LogP) is 0.460. The van der Waals surface area contributed by atoms with E-state index < -0.39 is 5.60 Å². The largest absolute Gasteiger partial charge is 0.392 e. The van der Waals surface area contributed by atoms with E-state index in [1.165, 1.54) is 0 Å². The first-order chi connectivity index (χ1) is 5.35. The van der Waals surface area contributed by atoms with E-state index in [4.69, 9.17) is 5.11 Å². The van der Waals surface area contributed by atoms with E-state index in [-0.39, 0.29) is 6.10 Å². The Hall–Kier alpha value is -0.120. The van der Waals surface area contributed by atoms with Gasteiger partial charge in [0, 0.05) is 13.1 Å². The monoisotopic (exact) mass is 175 g/mol. The maximum Gasteiger partial charge on any atom is 0.0718 e. The first kappa shape index (κ1) is 11.9. The van der Waals surface area contributed by atoms with Gasteiger partial charge in [0.15, 0.2) is 0 Å². The first-order valence-corrected chi connectivity index (χ1v) is 4.48. The number of likely N-dealkylation sites (N-methyl/N-ethyl adjacent to an activating group) is 1. The van der Waals surface area contributed by atoms with Gasteiger partial charge in [-0.05, 0) is 27.3 Å². The Morgan fingerprint density at radius 3 is 2.17 bits per heavy atom. The lowest BCUT2D eigenvalue weighted by atomic mass is 10.1.